The molecule has 1 aliphatic carbocycles. The topological polar surface area (TPSA) is 75.6 Å². The van der Waals surface area contributed by atoms with Gasteiger partial charge in [-0.3, -0.25) is 9.59 Å². The summed E-state index contributed by atoms with van der Waals surface area (Å²) in [5.74, 6) is -0.805. The summed E-state index contributed by atoms with van der Waals surface area (Å²) < 4.78 is 5.82. The maximum absolute atomic E-state index is 11.9. The van der Waals surface area contributed by atoms with Crippen LogP contribution in [0.5, 0.6) is 5.75 Å². The van der Waals surface area contributed by atoms with Crippen LogP contribution in [0.2, 0.25) is 0 Å². The summed E-state index contributed by atoms with van der Waals surface area (Å²) >= 11 is 0. The molecule has 0 radical (unpaired) electrons. The Labute approximate surface area is 117 Å². The molecule has 1 aromatic rings. The van der Waals surface area contributed by atoms with Crippen molar-refractivity contribution in [3.8, 4) is 5.75 Å². The summed E-state index contributed by atoms with van der Waals surface area (Å²) in [5.41, 5.74) is 0.411. The van der Waals surface area contributed by atoms with Crippen molar-refractivity contribution >= 4 is 11.9 Å². The summed E-state index contributed by atoms with van der Waals surface area (Å²) in [6.45, 7) is 1.43. The Morgan fingerprint density at radius 1 is 1.35 bits per heavy atom. The number of carboxylic acid groups (broad SMARTS) is 1. The Bertz CT molecular complexity index is 494. The van der Waals surface area contributed by atoms with Crippen molar-refractivity contribution < 1.29 is 19.4 Å². The Kier molecular flexibility index (Phi) is 4.61. The summed E-state index contributed by atoms with van der Waals surface area (Å²) in [4.78, 5) is 22.6. The molecule has 1 atom stereocenters. The number of carbonyl (C=O) groups excluding carboxylic acids is 1. The summed E-state index contributed by atoms with van der Waals surface area (Å²) in [5, 5.41) is 11.2. The van der Waals surface area contributed by atoms with E-state index in [1.54, 1.807) is 18.2 Å². The van der Waals surface area contributed by atoms with Gasteiger partial charge in [0.05, 0.1) is 6.10 Å². The fourth-order valence-electron chi connectivity index (χ4n) is 2.25. The van der Waals surface area contributed by atoms with Crippen LogP contribution >= 0.6 is 0 Å². The maximum Gasteiger partial charge on any atom is 0.325 e. The van der Waals surface area contributed by atoms with Crippen LogP contribution in [0.3, 0.4) is 0 Å². The fraction of sp³-hybridized carbons (Fsp3) is 0.467. The number of ether oxygens (including phenoxy) is 1. The first kappa shape index (κ1) is 14.4. The lowest BCUT2D eigenvalue weighted by Gasteiger charge is -2.14. The Morgan fingerprint density at radius 2 is 2.05 bits per heavy atom. The molecule has 1 aromatic carbocycles. The van der Waals surface area contributed by atoms with E-state index in [1.807, 2.05) is 6.07 Å². The highest BCUT2D eigenvalue weighted by atomic mass is 16.5. The van der Waals surface area contributed by atoms with Crippen molar-refractivity contribution in [1.29, 1.82) is 0 Å². The Balaban J connectivity index is 2.01. The molecule has 108 valence electrons. The fourth-order valence-corrected chi connectivity index (χ4v) is 2.25. The first-order valence-electron chi connectivity index (χ1n) is 6.86. The van der Waals surface area contributed by atoms with Crippen LogP contribution in [0.1, 0.15) is 43.0 Å². The molecule has 5 nitrogen and oxygen atoms in total. The second-order valence-electron chi connectivity index (χ2n) is 5.09. The van der Waals surface area contributed by atoms with Gasteiger partial charge in [-0.05, 0) is 50.8 Å². The van der Waals surface area contributed by atoms with Crippen LogP contribution in [-0.2, 0) is 4.79 Å². The standard InChI is InChI=1S/C15H19NO4/c1-10(15(18)19)16-14(17)11-5-4-8-13(9-11)20-12-6-2-3-7-12/h4-5,8-10,12H,2-3,6-7H2,1H3,(H,16,17)(H,18,19)/t10-/m0/s1. The van der Waals surface area contributed by atoms with Crippen molar-refractivity contribution in [2.75, 3.05) is 0 Å². The van der Waals surface area contributed by atoms with E-state index in [0.29, 0.717) is 11.3 Å². The number of carboxylic acids is 1. The predicted molar refractivity (Wildman–Crippen MR) is 73.9 cm³/mol. The van der Waals surface area contributed by atoms with Gasteiger partial charge in [-0.1, -0.05) is 6.07 Å². The van der Waals surface area contributed by atoms with Crippen molar-refractivity contribution in [1.82, 2.24) is 5.32 Å². The highest BCUT2D eigenvalue weighted by Gasteiger charge is 2.18. The van der Waals surface area contributed by atoms with Crippen LogP contribution in [0, 0.1) is 0 Å². The summed E-state index contributed by atoms with van der Waals surface area (Å²) in [6.07, 6.45) is 4.69. The molecule has 0 bridgehead atoms. The van der Waals surface area contributed by atoms with Gasteiger partial charge < -0.3 is 15.2 Å². The van der Waals surface area contributed by atoms with Crippen LogP contribution in [0.4, 0.5) is 0 Å². The number of nitrogens with one attached hydrogen (secondary N) is 1. The molecule has 5 heteroatoms. The third-order valence-corrected chi connectivity index (χ3v) is 3.42. The molecular weight excluding hydrogens is 258 g/mol. The van der Waals surface area contributed by atoms with Crippen LogP contribution in [-0.4, -0.2) is 29.1 Å². The molecular formula is C15H19NO4. The molecule has 0 spiro atoms. The zero-order chi connectivity index (χ0) is 14.5. The average Bonchev–Trinajstić information content (AvgIpc) is 2.91. The summed E-state index contributed by atoms with van der Waals surface area (Å²) in [6, 6.07) is 5.94. The molecule has 1 aliphatic rings. The van der Waals surface area contributed by atoms with E-state index in [4.69, 9.17) is 9.84 Å². The van der Waals surface area contributed by atoms with Crippen molar-refractivity contribution in [2.45, 2.75) is 44.8 Å². The van der Waals surface area contributed by atoms with Gasteiger partial charge in [-0.15, -0.1) is 0 Å². The SMILES string of the molecule is C[C@H](NC(=O)c1cccc(OC2CCCC2)c1)C(=O)O. The third kappa shape index (κ3) is 3.73. The number of aliphatic carboxylic acids is 1. The Hall–Kier alpha value is -2.04. The van der Waals surface area contributed by atoms with Crippen molar-refractivity contribution in [3.05, 3.63) is 29.8 Å². The quantitative estimate of drug-likeness (QED) is 0.865. The average molecular weight is 277 g/mol. The number of benzene rings is 1. The third-order valence-electron chi connectivity index (χ3n) is 3.42. The zero-order valence-corrected chi connectivity index (χ0v) is 11.5. The first-order chi connectivity index (χ1) is 9.56. The summed E-state index contributed by atoms with van der Waals surface area (Å²) in [7, 11) is 0. The van der Waals surface area contributed by atoms with Crippen molar-refractivity contribution in [3.63, 3.8) is 0 Å². The minimum Gasteiger partial charge on any atom is -0.490 e. The number of hydrogen-bond donors (Lipinski definition) is 2. The largest absolute Gasteiger partial charge is 0.490 e. The second kappa shape index (κ2) is 6.41. The molecule has 0 heterocycles. The number of hydrogen-bond acceptors (Lipinski definition) is 3. The monoisotopic (exact) mass is 277 g/mol. The van der Waals surface area contributed by atoms with E-state index in [1.165, 1.54) is 19.8 Å². The van der Waals surface area contributed by atoms with Gasteiger partial charge in [0, 0.05) is 5.56 Å². The normalized spacial score (nSPS) is 16.6. The molecule has 1 saturated carbocycles. The van der Waals surface area contributed by atoms with Gasteiger partial charge in [-0.25, -0.2) is 0 Å². The molecule has 0 unspecified atom stereocenters. The molecule has 2 N–H and O–H groups in total. The van der Waals surface area contributed by atoms with Gasteiger partial charge in [0.1, 0.15) is 11.8 Å². The lowest BCUT2D eigenvalue weighted by Crippen LogP contribution is -2.38. The molecule has 0 saturated heterocycles. The van der Waals surface area contributed by atoms with Crippen LogP contribution in [0.25, 0.3) is 0 Å². The molecule has 0 aromatic heterocycles. The van der Waals surface area contributed by atoms with Gasteiger partial charge in [0.15, 0.2) is 0 Å². The van der Waals surface area contributed by atoms with E-state index in [-0.39, 0.29) is 6.10 Å². The minimum atomic E-state index is -1.06. The lowest BCUT2D eigenvalue weighted by atomic mass is 10.2. The van der Waals surface area contributed by atoms with Gasteiger partial charge in [0.2, 0.25) is 0 Å². The van der Waals surface area contributed by atoms with E-state index in [2.05, 4.69) is 5.32 Å². The van der Waals surface area contributed by atoms with Crippen LogP contribution in [0.15, 0.2) is 24.3 Å². The van der Waals surface area contributed by atoms with E-state index >= 15 is 0 Å². The van der Waals surface area contributed by atoms with E-state index in [9.17, 15) is 9.59 Å². The number of carbonyl (C=O) groups is 2. The lowest BCUT2D eigenvalue weighted by molar-refractivity contribution is -0.138. The van der Waals surface area contributed by atoms with Gasteiger partial charge in [0.25, 0.3) is 5.91 Å². The highest BCUT2D eigenvalue weighted by Crippen LogP contribution is 2.24. The van der Waals surface area contributed by atoms with Crippen molar-refractivity contribution in [2.24, 2.45) is 0 Å². The Morgan fingerprint density at radius 3 is 2.70 bits per heavy atom. The second-order valence-corrected chi connectivity index (χ2v) is 5.09. The first-order valence-corrected chi connectivity index (χ1v) is 6.86. The molecule has 20 heavy (non-hydrogen) atoms. The molecule has 2 rings (SSSR count). The molecule has 1 fully saturated rings. The molecule has 1 amide bonds. The highest BCUT2D eigenvalue weighted by molar-refractivity contribution is 5.96. The van der Waals surface area contributed by atoms with E-state index in [0.717, 1.165) is 12.8 Å². The van der Waals surface area contributed by atoms with Gasteiger partial charge in [-0.2, -0.15) is 0 Å². The predicted octanol–water partition coefficient (Wildman–Crippen LogP) is 2.21. The zero-order valence-electron chi connectivity index (χ0n) is 11.5. The number of rotatable bonds is 5. The minimum absolute atomic E-state index is 0.228. The smallest absolute Gasteiger partial charge is 0.325 e. The van der Waals surface area contributed by atoms with Crippen LogP contribution < -0.4 is 10.1 Å². The van der Waals surface area contributed by atoms with Gasteiger partial charge >= 0.3 is 5.97 Å². The molecule has 0 aliphatic heterocycles. The van der Waals surface area contributed by atoms with E-state index < -0.39 is 17.9 Å². The number of amides is 1. The maximum atomic E-state index is 11.9.